The Labute approximate surface area is 214 Å². The van der Waals surface area contributed by atoms with Crippen LogP contribution < -0.4 is 0 Å². The molecule has 1 aromatic rings. The van der Waals surface area contributed by atoms with E-state index in [2.05, 4.69) is 69.2 Å². The molecule has 0 radical (unpaired) electrons. The summed E-state index contributed by atoms with van der Waals surface area (Å²) in [7, 11) is -0.0680. The SMILES string of the molecule is COC[C@@H]1CCCN1/N=C1/[C@H](CCO[Si](C)(C)C(C)(C)C)OC(C)(C)O[C@H]1CCc1ccccc1. The molecule has 198 valence electrons. The van der Waals surface area contributed by atoms with Gasteiger partial charge >= 0.3 is 0 Å². The summed E-state index contributed by atoms with van der Waals surface area (Å²) in [6.45, 7) is 17.8. The van der Waals surface area contributed by atoms with Crippen LogP contribution in [0, 0.1) is 0 Å². The lowest BCUT2D eigenvalue weighted by Crippen LogP contribution is -2.53. The van der Waals surface area contributed by atoms with Crippen molar-refractivity contribution in [2.24, 2.45) is 5.10 Å². The summed E-state index contributed by atoms with van der Waals surface area (Å²) in [6.07, 6.45) is 4.60. The predicted octanol–water partition coefficient (Wildman–Crippen LogP) is 6.02. The third kappa shape index (κ3) is 7.86. The molecular weight excluding hydrogens is 456 g/mol. The van der Waals surface area contributed by atoms with E-state index in [4.69, 9.17) is 23.7 Å². The highest BCUT2D eigenvalue weighted by atomic mass is 28.4. The maximum atomic E-state index is 6.54. The van der Waals surface area contributed by atoms with Gasteiger partial charge in [0.25, 0.3) is 0 Å². The van der Waals surface area contributed by atoms with Crippen molar-refractivity contribution in [3.8, 4) is 0 Å². The predicted molar refractivity (Wildman–Crippen MR) is 145 cm³/mol. The van der Waals surface area contributed by atoms with Crippen molar-refractivity contribution in [3.05, 3.63) is 35.9 Å². The molecule has 3 atom stereocenters. The van der Waals surface area contributed by atoms with Crippen LogP contribution in [0.3, 0.4) is 0 Å². The third-order valence-electron chi connectivity index (χ3n) is 7.65. The van der Waals surface area contributed by atoms with Gasteiger partial charge in [-0.15, -0.1) is 0 Å². The van der Waals surface area contributed by atoms with Crippen LogP contribution in [0.2, 0.25) is 18.1 Å². The fourth-order valence-corrected chi connectivity index (χ4v) is 5.69. The zero-order valence-electron chi connectivity index (χ0n) is 23.3. The number of aryl methyl sites for hydroxylation is 1. The van der Waals surface area contributed by atoms with Crippen molar-refractivity contribution in [3.63, 3.8) is 0 Å². The van der Waals surface area contributed by atoms with E-state index in [-0.39, 0.29) is 17.2 Å². The number of hydrazone groups is 1. The van der Waals surface area contributed by atoms with Crippen LogP contribution in [0.1, 0.15) is 65.9 Å². The summed E-state index contributed by atoms with van der Waals surface area (Å²) in [4.78, 5) is 0. The van der Waals surface area contributed by atoms with Gasteiger partial charge in [-0.1, -0.05) is 51.1 Å². The van der Waals surface area contributed by atoms with Gasteiger partial charge in [-0.3, -0.25) is 5.01 Å². The molecule has 6 nitrogen and oxygen atoms in total. The topological polar surface area (TPSA) is 52.5 Å². The Bertz CT molecular complexity index is 822. The number of methoxy groups -OCH3 is 1. The summed E-state index contributed by atoms with van der Waals surface area (Å²) in [6, 6.07) is 10.9. The monoisotopic (exact) mass is 504 g/mol. The lowest BCUT2D eigenvalue weighted by atomic mass is 9.97. The molecule has 2 heterocycles. The number of hydrogen-bond donors (Lipinski definition) is 0. The fourth-order valence-electron chi connectivity index (χ4n) is 4.63. The highest BCUT2D eigenvalue weighted by molar-refractivity contribution is 6.74. The fraction of sp³-hybridized carbons (Fsp3) is 0.750. The molecule has 2 aliphatic heterocycles. The van der Waals surface area contributed by atoms with Gasteiger partial charge in [0, 0.05) is 26.7 Å². The van der Waals surface area contributed by atoms with Crippen molar-refractivity contribution in [2.45, 2.75) is 109 Å². The van der Waals surface area contributed by atoms with Gasteiger partial charge in [-0.2, -0.15) is 5.10 Å². The van der Waals surface area contributed by atoms with E-state index in [1.165, 1.54) is 5.56 Å². The van der Waals surface area contributed by atoms with Crippen LogP contribution in [0.15, 0.2) is 35.4 Å². The van der Waals surface area contributed by atoms with E-state index < -0.39 is 14.1 Å². The molecule has 0 saturated carbocycles. The number of hydrogen-bond acceptors (Lipinski definition) is 6. The molecule has 0 aliphatic carbocycles. The van der Waals surface area contributed by atoms with Crippen molar-refractivity contribution >= 4 is 14.0 Å². The second-order valence-corrected chi connectivity index (χ2v) is 16.8. The first-order valence-electron chi connectivity index (χ1n) is 13.3. The number of rotatable bonds is 10. The first-order chi connectivity index (χ1) is 16.4. The zero-order chi connectivity index (χ0) is 25.7. The van der Waals surface area contributed by atoms with E-state index in [1.807, 2.05) is 13.8 Å². The summed E-state index contributed by atoms with van der Waals surface area (Å²) < 4.78 is 25.0. The Morgan fingerprint density at radius 1 is 1.09 bits per heavy atom. The lowest BCUT2D eigenvalue weighted by molar-refractivity contribution is -0.258. The summed E-state index contributed by atoms with van der Waals surface area (Å²) in [5.41, 5.74) is 2.32. The van der Waals surface area contributed by atoms with Gasteiger partial charge in [0.05, 0.1) is 18.4 Å². The Morgan fingerprint density at radius 2 is 1.74 bits per heavy atom. The van der Waals surface area contributed by atoms with Crippen molar-refractivity contribution in [1.29, 1.82) is 0 Å². The molecule has 0 aromatic heterocycles. The Morgan fingerprint density at radius 3 is 2.37 bits per heavy atom. The standard InChI is InChI=1S/C28H48N2O4Si/c1-27(2,3)35(7,8)32-20-18-25-26(29-30-19-12-15-23(30)21-31-6)24(33-28(4,5)34-25)17-16-22-13-10-9-11-14-22/h9-11,13-14,23-25H,12,15-21H2,1-8H3/b29-26+/t23-,24-,25-/m0/s1. The van der Waals surface area contributed by atoms with Gasteiger partial charge in [-0.25, -0.2) is 0 Å². The average Bonchev–Trinajstić information content (AvgIpc) is 3.20. The van der Waals surface area contributed by atoms with Crippen LogP contribution in [-0.2, 0) is 25.1 Å². The van der Waals surface area contributed by atoms with Crippen LogP contribution in [-0.4, -0.2) is 69.9 Å². The normalized spacial score (nSPS) is 26.5. The van der Waals surface area contributed by atoms with E-state index in [1.54, 1.807) is 7.11 Å². The largest absolute Gasteiger partial charge is 0.417 e. The minimum absolute atomic E-state index is 0.0966. The van der Waals surface area contributed by atoms with Crippen LogP contribution in [0.4, 0.5) is 0 Å². The number of nitrogens with zero attached hydrogens (tertiary/aromatic N) is 2. The Balaban J connectivity index is 1.82. The van der Waals surface area contributed by atoms with Gasteiger partial charge in [0.1, 0.15) is 12.2 Å². The second-order valence-electron chi connectivity index (χ2n) is 12.0. The minimum atomic E-state index is -1.83. The summed E-state index contributed by atoms with van der Waals surface area (Å²) in [5, 5.41) is 7.61. The molecule has 0 unspecified atom stereocenters. The molecule has 7 heteroatoms. The molecule has 0 amide bonds. The Hall–Kier alpha value is -1.25. The highest BCUT2D eigenvalue weighted by Crippen LogP contribution is 2.37. The lowest BCUT2D eigenvalue weighted by Gasteiger charge is -2.43. The van der Waals surface area contributed by atoms with Gasteiger partial charge in [0.2, 0.25) is 0 Å². The average molecular weight is 505 g/mol. The first kappa shape index (κ1) is 28.3. The minimum Gasteiger partial charge on any atom is -0.417 e. The summed E-state index contributed by atoms with van der Waals surface area (Å²) >= 11 is 0. The maximum absolute atomic E-state index is 6.54. The molecule has 1 aromatic carbocycles. The van der Waals surface area contributed by atoms with Gasteiger partial charge in [-0.05, 0) is 63.2 Å². The van der Waals surface area contributed by atoms with Gasteiger partial charge < -0.3 is 18.6 Å². The highest BCUT2D eigenvalue weighted by Gasteiger charge is 2.42. The van der Waals surface area contributed by atoms with E-state index in [9.17, 15) is 0 Å². The maximum Gasteiger partial charge on any atom is 0.191 e. The van der Waals surface area contributed by atoms with Crippen molar-refractivity contribution in [1.82, 2.24) is 5.01 Å². The van der Waals surface area contributed by atoms with Crippen LogP contribution in [0.25, 0.3) is 0 Å². The van der Waals surface area contributed by atoms with Crippen molar-refractivity contribution in [2.75, 3.05) is 26.9 Å². The van der Waals surface area contributed by atoms with Crippen LogP contribution in [0.5, 0.6) is 0 Å². The molecule has 2 fully saturated rings. The molecule has 3 rings (SSSR count). The number of ether oxygens (including phenoxy) is 3. The molecular formula is C28H48N2O4Si. The summed E-state index contributed by atoms with van der Waals surface area (Å²) in [5.74, 6) is -0.668. The zero-order valence-corrected chi connectivity index (χ0v) is 24.3. The van der Waals surface area contributed by atoms with E-state index in [0.29, 0.717) is 19.3 Å². The van der Waals surface area contributed by atoms with E-state index in [0.717, 1.165) is 44.4 Å². The first-order valence-corrected chi connectivity index (χ1v) is 16.2. The molecule has 2 saturated heterocycles. The number of benzene rings is 1. The van der Waals surface area contributed by atoms with Gasteiger partial charge in [0.15, 0.2) is 14.1 Å². The molecule has 2 aliphatic rings. The third-order valence-corrected chi connectivity index (χ3v) is 12.2. The molecule has 0 spiro atoms. The van der Waals surface area contributed by atoms with E-state index >= 15 is 0 Å². The Kier molecular flexibility index (Phi) is 9.60. The second kappa shape index (κ2) is 11.9. The smallest absolute Gasteiger partial charge is 0.191 e. The molecule has 35 heavy (non-hydrogen) atoms. The van der Waals surface area contributed by atoms with Crippen molar-refractivity contribution < 1.29 is 18.6 Å². The molecule has 0 N–H and O–H groups in total. The molecule has 0 bridgehead atoms. The quantitative estimate of drug-likeness (QED) is 0.365. The van der Waals surface area contributed by atoms with Crippen LogP contribution >= 0.6 is 0 Å².